The second-order valence-electron chi connectivity index (χ2n) is 5.45. The summed E-state index contributed by atoms with van der Waals surface area (Å²) >= 11 is 1.64. The largest absolute Gasteiger partial charge is 0.441 e. The molecule has 23 heavy (non-hydrogen) atoms. The zero-order chi connectivity index (χ0) is 16.4. The molecule has 120 valence electrons. The smallest absolute Gasteiger partial charge is 0.226 e. The number of benzene rings is 1. The number of aryl methyl sites for hydroxylation is 3. The van der Waals surface area contributed by atoms with E-state index in [2.05, 4.69) is 45.7 Å². The summed E-state index contributed by atoms with van der Waals surface area (Å²) in [4.78, 5) is 4.65. The van der Waals surface area contributed by atoms with E-state index in [4.69, 9.17) is 4.42 Å². The molecule has 0 aliphatic carbocycles. The van der Waals surface area contributed by atoms with Gasteiger partial charge in [-0.25, -0.2) is 4.98 Å². The van der Waals surface area contributed by atoms with E-state index >= 15 is 0 Å². The van der Waals surface area contributed by atoms with Crippen LogP contribution in [0.1, 0.15) is 29.8 Å². The summed E-state index contributed by atoms with van der Waals surface area (Å²) in [5.41, 5.74) is 3.16. The second-order valence-corrected chi connectivity index (χ2v) is 6.40. The van der Waals surface area contributed by atoms with Gasteiger partial charge in [-0.05, 0) is 39.8 Å². The molecule has 0 saturated heterocycles. The first-order valence-corrected chi connectivity index (χ1v) is 8.63. The average Bonchev–Trinajstić information content (AvgIpc) is 3.08. The Balaban J connectivity index is 1.79. The number of aromatic nitrogens is 4. The summed E-state index contributed by atoms with van der Waals surface area (Å²) in [6.07, 6.45) is 0. The Hall–Kier alpha value is -2.08. The molecule has 0 N–H and O–H groups in total. The van der Waals surface area contributed by atoms with Crippen LogP contribution in [0.15, 0.2) is 33.8 Å². The van der Waals surface area contributed by atoms with Crippen LogP contribution in [-0.2, 0) is 12.3 Å². The predicted octanol–water partition coefficient (Wildman–Crippen LogP) is 4.17. The molecular formula is C17H20N4OS. The van der Waals surface area contributed by atoms with Crippen molar-refractivity contribution in [1.82, 2.24) is 19.7 Å². The molecule has 0 radical (unpaired) electrons. The van der Waals surface area contributed by atoms with Crippen molar-refractivity contribution >= 4 is 11.8 Å². The van der Waals surface area contributed by atoms with Crippen LogP contribution in [0, 0.1) is 20.8 Å². The predicted molar refractivity (Wildman–Crippen MR) is 91.4 cm³/mol. The molecule has 6 heteroatoms. The molecule has 0 aliphatic heterocycles. The Labute approximate surface area is 140 Å². The van der Waals surface area contributed by atoms with E-state index < -0.39 is 0 Å². The monoisotopic (exact) mass is 328 g/mol. The fraction of sp³-hybridized carbons (Fsp3) is 0.353. The minimum atomic E-state index is 0.676. The molecule has 5 nitrogen and oxygen atoms in total. The number of oxazole rings is 1. The highest BCUT2D eigenvalue weighted by Crippen LogP contribution is 2.27. The van der Waals surface area contributed by atoms with Crippen molar-refractivity contribution in [3.05, 3.63) is 47.1 Å². The fourth-order valence-corrected chi connectivity index (χ4v) is 3.48. The molecule has 0 amide bonds. The lowest BCUT2D eigenvalue weighted by Gasteiger charge is -2.03. The SMILES string of the molecule is CCn1c(C)nnc1SCc1nc(-c2cccc(C)c2)oc1C. The van der Waals surface area contributed by atoms with Gasteiger partial charge in [-0.2, -0.15) is 0 Å². The van der Waals surface area contributed by atoms with E-state index in [1.165, 1.54) is 5.56 Å². The molecule has 1 aromatic carbocycles. The maximum absolute atomic E-state index is 5.84. The van der Waals surface area contributed by atoms with Gasteiger partial charge in [-0.1, -0.05) is 29.5 Å². The van der Waals surface area contributed by atoms with E-state index in [9.17, 15) is 0 Å². The lowest BCUT2D eigenvalue weighted by Crippen LogP contribution is -1.99. The van der Waals surface area contributed by atoms with Gasteiger partial charge in [0.05, 0.1) is 5.69 Å². The summed E-state index contributed by atoms with van der Waals surface area (Å²) in [7, 11) is 0. The molecule has 0 fully saturated rings. The first-order valence-electron chi connectivity index (χ1n) is 7.64. The van der Waals surface area contributed by atoms with Gasteiger partial charge in [0.1, 0.15) is 11.6 Å². The summed E-state index contributed by atoms with van der Waals surface area (Å²) in [6, 6.07) is 8.19. The Bertz CT molecular complexity index is 822. The van der Waals surface area contributed by atoms with Crippen molar-refractivity contribution in [2.45, 2.75) is 45.1 Å². The highest BCUT2D eigenvalue weighted by atomic mass is 32.2. The lowest BCUT2D eigenvalue weighted by molar-refractivity contribution is 0.540. The van der Waals surface area contributed by atoms with Crippen molar-refractivity contribution in [2.75, 3.05) is 0 Å². The van der Waals surface area contributed by atoms with Gasteiger partial charge in [0.2, 0.25) is 5.89 Å². The number of hydrogen-bond acceptors (Lipinski definition) is 5. The Morgan fingerprint density at radius 1 is 1.17 bits per heavy atom. The van der Waals surface area contributed by atoms with Gasteiger partial charge < -0.3 is 8.98 Å². The summed E-state index contributed by atoms with van der Waals surface area (Å²) in [5, 5.41) is 9.28. The minimum absolute atomic E-state index is 0.676. The molecule has 2 heterocycles. The molecule has 0 saturated carbocycles. The molecule has 3 aromatic rings. The summed E-state index contributed by atoms with van der Waals surface area (Å²) < 4.78 is 7.94. The minimum Gasteiger partial charge on any atom is -0.441 e. The third-order valence-corrected chi connectivity index (χ3v) is 4.69. The van der Waals surface area contributed by atoms with E-state index in [-0.39, 0.29) is 0 Å². The lowest BCUT2D eigenvalue weighted by atomic mass is 10.1. The van der Waals surface area contributed by atoms with Crippen LogP contribution in [0.3, 0.4) is 0 Å². The zero-order valence-electron chi connectivity index (χ0n) is 13.8. The van der Waals surface area contributed by atoms with Crippen LogP contribution in [-0.4, -0.2) is 19.7 Å². The highest BCUT2D eigenvalue weighted by Gasteiger charge is 2.14. The van der Waals surface area contributed by atoms with Crippen LogP contribution in [0.4, 0.5) is 0 Å². The first-order chi connectivity index (χ1) is 11.1. The molecule has 2 aromatic heterocycles. The third-order valence-electron chi connectivity index (χ3n) is 3.71. The quantitative estimate of drug-likeness (QED) is 0.658. The van der Waals surface area contributed by atoms with Gasteiger partial charge in [-0.15, -0.1) is 10.2 Å². The topological polar surface area (TPSA) is 56.7 Å². The van der Waals surface area contributed by atoms with E-state index in [1.807, 2.05) is 26.0 Å². The number of thioether (sulfide) groups is 1. The van der Waals surface area contributed by atoms with Gasteiger partial charge in [0.25, 0.3) is 0 Å². The maximum atomic E-state index is 5.84. The number of rotatable bonds is 5. The van der Waals surface area contributed by atoms with E-state index in [0.717, 1.165) is 40.3 Å². The van der Waals surface area contributed by atoms with Crippen molar-refractivity contribution < 1.29 is 4.42 Å². The summed E-state index contributed by atoms with van der Waals surface area (Å²) in [5.74, 6) is 3.19. The second kappa shape index (κ2) is 6.58. The fourth-order valence-electron chi connectivity index (χ4n) is 2.43. The Morgan fingerprint density at radius 2 is 2.00 bits per heavy atom. The average molecular weight is 328 g/mol. The van der Waals surface area contributed by atoms with Crippen molar-refractivity contribution in [2.24, 2.45) is 0 Å². The first kappa shape index (κ1) is 15.8. The summed E-state index contributed by atoms with van der Waals surface area (Å²) in [6.45, 7) is 8.96. The van der Waals surface area contributed by atoms with Crippen molar-refractivity contribution in [3.63, 3.8) is 0 Å². The van der Waals surface area contributed by atoms with Crippen LogP contribution in [0.25, 0.3) is 11.5 Å². The van der Waals surface area contributed by atoms with Crippen molar-refractivity contribution in [1.29, 1.82) is 0 Å². The van der Waals surface area contributed by atoms with E-state index in [1.54, 1.807) is 11.8 Å². The molecule has 0 aliphatic rings. The molecule has 0 atom stereocenters. The van der Waals surface area contributed by atoms with Crippen LogP contribution in [0.5, 0.6) is 0 Å². The number of hydrogen-bond donors (Lipinski definition) is 0. The van der Waals surface area contributed by atoms with Crippen LogP contribution >= 0.6 is 11.8 Å². The molecule has 3 rings (SSSR count). The standard InChI is InChI=1S/C17H20N4OS/c1-5-21-13(4)19-20-17(21)23-10-15-12(3)22-16(18-15)14-8-6-7-11(2)9-14/h6-9H,5,10H2,1-4H3. The van der Waals surface area contributed by atoms with Gasteiger partial charge >= 0.3 is 0 Å². The normalized spacial score (nSPS) is 11.1. The van der Waals surface area contributed by atoms with Crippen molar-refractivity contribution in [3.8, 4) is 11.5 Å². The van der Waals surface area contributed by atoms with Gasteiger partial charge in [0, 0.05) is 17.9 Å². The maximum Gasteiger partial charge on any atom is 0.226 e. The van der Waals surface area contributed by atoms with E-state index in [0.29, 0.717) is 5.89 Å². The van der Waals surface area contributed by atoms with Gasteiger partial charge in [-0.3, -0.25) is 0 Å². The molecule has 0 unspecified atom stereocenters. The highest BCUT2D eigenvalue weighted by molar-refractivity contribution is 7.98. The number of nitrogens with zero attached hydrogens (tertiary/aromatic N) is 4. The Morgan fingerprint density at radius 3 is 2.74 bits per heavy atom. The van der Waals surface area contributed by atoms with Crippen LogP contribution < -0.4 is 0 Å². The molecule has 0 bridgehead atoms. The zero-order valence-corrected chi connectivity index (χ0v) is 14.6. The third kappa shape index (κ3) is 3.32. The van der Waals surface area contributed by atoms with Gasteiger partial charge in [0.15, 0.2) is 5.16 Å². The molecule has 0 spiro atoms. The Kier molecular flexibility index (Phi) is 4.52. The van der Waals surface area contributed by atoms with Crippen LogP contribution in [0.2, 0.25) is 0 Å². The molecular weight excluding hydrogens is 308 g/mol.